The van der Waals surface area contributed by atoms with Gasteiger partial charge in [0.1, 0.15) is 11.5 Å². The van der Waals surface area contributed by atoms with Crippen molar-refractivity contribution in [2.24, 2.45) is 0 Å². The predicted molar refractivity (Wildman–Crippen MR) is 101 cm³/mol. The summed E-state index contributed by atoms with van der Waals surface area (Å²) in [6.07, 6.45) is 1.58. The summed E-state index contributed by atoms with van der Waals surface area (Å²) in [5.41, 5.74) is 3.81. The lowest BCUT2D eigenvalue weighted by atomic mass is 10.2. The number of nitrogens with one attached hydrogen (secondary N) is 3. The van der Waals surface area contributed by atoms with Crippen LogP contribution in [0.1, 0.15) is 16.1 Å². The topological polar surface area (TPSA) is 99.6 Å². The second-order valence-corrected chi connectivity index (χ2v) is 6.20. The van der Waals surface area contributed by atoms with Gasteiger partial charge >= 0.3 is 0 Å². The third-order valence-corrected chi connectivity index (χ3v) is 4.44. The first kappa shape index (κ1) is 15.4. The van der Waals surface area contributed by atoms with Gasteiger partial charge in [-0.25, -0.2) is 4.98 Å². The maximum atomic E-state index is 12.4. The Hall–Kier alpha value is -3.87. The molecule has 0 aliphatic carbocycles. The minimum absolute atomic E-state index is 0.172. The molecular weight excluding hydrogens is 342 g/mol. The van der Waals surface area contributed by atoms with Gasteiger partial charge in [-0.3, -0.25) is 9.89 Å². The van der Waals surface area contributed by atoms with E-state index < -0.39 is 0 Å². The molecule has 0 spiro atoms. The molecule has 0 atom stereocenters. The zero-order chi connectivity index (χ0) is 18.2. The van der Waals surface area contributed by atoms with Crippen molar-refractivity contribution >= 4 is 27.8 Å². The van der Waals surface area contributed by atoms with Gasteiger partial charge in [-0.15, -0.1) is 0 Å². The van der Waals surface area contributed by atoms with Crippen molar-refractivity contribution in [3.8, 4) is 11.5 Å². The van der Waals surface area contributed by atoms with Gasteiger partial charge < -0.3 is 14.7 Å². The Morgan fingerprint density at radius 1 is 1.07 bits per heavy atom. The Morgan fingerprint density at radius 2 is 2.00 bits per heavy atom. The minimum atomic E-state index is -0.172. The molecule has 5 rings (SSSR count). The summed E-state index contributed by atoms with van der Waals surface area (Å²) in [6, 6.07) is 16.9. The predicted octanol–water partition coefficient (Wildman–Crippen LogP) is 3.63. The highest BCUT2D eigenvalue weighted by Crippen LogP contribution is 2.26. The summed E-state index contributed by atoms with van der Waals surface area (Å²) < 4.78 is 5.23. The fourth-order valence-electron chi connectivity index (χ4n) is 3.09. The Kier molecular flexibility index (Phi) is 3.50. The van der Waals surface area contributed by atoms with E-state index in [0.29, 0.717) is 23.7 Å². The Balaban J connectivity index is 1.45. The highest BCUT2D eigenvalue weighted by molar-refractivity contribution is 5.98. The average molecular weight is 357 g/mol. The summed E-state index contributed by atoms with van der Waals surface area (Å²) in [7, 11) is 0. The fourth-order valence-corrected chi connectivity index (χ4v) is 3.09. The molecule has 2 aromatic carbocycles. The van der Waals surface area contributed by atoms with E-state index in [1.165, 1.54) is 0 Å². The molecule has 0 bridgehead atoms. The van der Waals surface area contributed by atoms with Crippen LogP contribution in [0.15, 0.2) is 65.3 Å². The molecule has 0 aliphatic rings. The standard InChI is InChI=1S/C20H15N5O2/c26-20(21-11-13-4-3-9-27-13)12-7-8-16-17(10-12)23-19(22-16)18-14-5-1-2-6-15(14)24-25-18/h1-10H,11H2,(H,21,26)(H,22,23)(H,24,25). The smallest absolute Gasteiger partial charge is 0.251 e. The number of nitrogens with zero attached hydrogens (tertiary/aromatic N) is 2. The molecule has 132 valence electrons. The molecule has 0 saturated heterocycles. The van der Waals surface area contributed by atoms with E-state index in [2.05, 4.69) is 25.5 Å². The van der Waals surface area contributed by atoms with Gasteiger partial charge in [-0.05, 0) is 36.4 Å². The summed E-state index contributed by atoms with van der Waals surface area (Å²) >= 11 is 0. The molecule has 0 fully saturated rings. The molecule has 3 N–H and O–H groups in total. The largest absolute Gasteiger partial charge is 0.467 e. The third-order valence-electron chi connectivity index (χ3n) is 4.44. The first-order valence-corrected chi connectivity index (χ1v) is 8.52. The summed E-state index contributed by atoms with van der Waals surface area (Å²) in [4.78, 5) is 20.3. The van der Waals surface area contributed by atoms with Gasteiger partial charge in [0.25, 0.3) is 5.91 Å². The van der Waals surface area contributed by atoms with Gasteiger partial charge in [-0.2, -0.15) is 5.10 Å². The Bertz CT molecular complexity index is 1250. The number of fused-ring (bicyclic) bond motifs is 2. The Morgan fingerprint density at radius 3 is 2.89 bits per heavy atom. The highest BCUT2D eigenvalue weighted by Gasteiger charge is 2.14. The van der Waals surface area contributed by atoms with E-state index in [4.69, 9.17) is 4.42 Å². The van der Waals surface area contributed by atoms with Gasteiger partial charge in [0.2, 0.25) is 0 Å². The maximum absolute atomic E-state index is 12.4. The number of benzene rings is 2. The molecule has 7 nitrogen and oxygen atoms in total. The molecule has 0 unspecified atom stereocenters. The van der Waals surface area contributed by atoms with Crippen LogP contribution in [-0.2, 0) is 6.54 Å². The highest BCUT2D eigenvalue weighted by atomic mass is 16.3. The van der Waals surface area contributed by atoms with Crippen molar-refractivity contribution in [3.05, 3.63) is 72.2 Å². The van der Waals surface area contributed by atoms with Crippen molar-refractivity contribution in [1.29, 1.82) is 0 Å². The number of imidazole rings is 1. The molecule has 5 aromatic rings. The van der Waals surface area contributed by atoms with Crippen molar-refractivity contribution in [1.82, 2.24) is 25.5 Å². The number of para-hydroxylation sites is 1. The quantitative estimate of drug-likeness (QED) is 0.457. The lowest BCUT2D eigenvalue weighted by Crippen LogP contribution is -2.22. The van der Waals surface area contributed by atoms with Crippen LogP contribution in [-0.4, -0.2) is 26.1 Å². The second-order valence-electron chi connectivity index (χ2n) is 6.20. The van der Waals surface area contributed by atoms with Gasteiger partial charge in [-0.1, -0.05) is 18.2 Å². The lowest BCUT2D eigenvalue weighted by molar-refractivity contribution is 0.0948. The summed E-state index contributed by atoms with van der Waals surface area (Å²) in [5.74, 6) is 1.20. The number of aromatic nitrogens is 4. The number of carbonyl (C=O) groups excluding carboxylic acids is 1. The van der Waals surface area contributed by atoms with Crippen LogP contribution in [0, 0.1) is 0 Å². The van der Waals surface area contributed by atoms with E-state index in [1.807, 2.05) is 36.4 Å². The first-order chi connectivity index (χ1) is 13.3. The number of aromatic amines is 2. The van der Waals surface area contributed by atoms with Crippen LogP contribution >= 0.6 is 0 Å². The molecule has 1 amide bonds. The maximum Gasteiger partial charge on any atom is 0.251 e. The van der Waals surface area contributed by atoms with Crippen molar-refractivity contribution in [2.75, 3.05) is 0 Å². The molecule has 3 heterocycles. The molecule has 0 radical (unpaired) electrons. The molecule has 7 heteroatoms. The zero-order valence-corrected chi connectivity index (χ0v) is 14.2. The second kappa shape index (κ2) is 6.14. The van der Waals surface area contributed by atoms with Gasteiger partial charge in [0.15, 0.2) is 5.82 Å². The van der Waals surface area contributed by atoms with Crippen LogP contribution < -0.4 is 5.32 Å². The molecule has 0 aliphatic heterocycles. The normalized spacial score (nSPS) is 11.3. The number of amides is 1. The van der Waals surface area contributed by atoms with E-state index in [1.54, 1.807) is 24.5 Å². The SMILES string of the molecule is O=C(NCc1ccco1)c1ccc2nc(-c3n[nH]c4ccccc34)[nH]c2c1. The van der Waals surface area contributed by atoms with Gasteiger partial charge in [0, 0.05) is 10.9 Å². The van der Waals surface area contributed by atoms with Crippen LogP contribution in [0.4, 0.5) is 0 Å². The van der Waals surface area contributed by atoms with Gasteiger partial charge in [0.05, 0.1) is 29.4 Å². The van der Waals surface area contributed by atoms with Crippen LogP contribution in [0.25, 0.3) is 33.5 Å². The summed E-state index contributed by atoms with van der Waals surface area (Å²) in [5, 5.41) is 11.2. The van der Waals surface area contributed by atoms with Crippen LogP contribution in [0.2, 0.25) is 0 Å². The van der Waals surface area contributed by atoms with E-state index >= 15 is 0 Å². The molecule has 3 aromatic heterocycles. The number of rotatable bonds is 4. The van der Waals surface area contributed by atoms with E-state index in [-0.39, 0.29) is 5.91 Å². The number of furan rings is 1. The average Bonchev–Trinajstić information content (AvgIpc) is 3.43. The zero-order valence-electron chi connectivity index (χ0n) is 14.2. The first-order valence-electron chi connectivity index (χ1n) is 8.52. The number of carbonyl (C=O) groups is 1. The van der Waals surface area contributed by atoms with Crippen molar-refractivity contribution in [3.63, 3.8) is 0 Å². The lowest BCUT2D eigenvalue weighted by Gasteiger charge is -2.03. The minimum Gasteiger partial charge on any atom is -0.467 e. The third kappa shape index (κ3) is 2.75. The van der Waals surface area contributed by atoms with Crippen molar-refractivity contribution in [2.45, 2.75) is 6.54 Å². The molecular formula is C20H15N5O2. The van der Waals surface area contributed by atoms with Crippen molar-refractivity contribution < 1.29 is 9.21 Å². The summed E-state index contributed by atoms with van der Waals surface area (Å²) in [6.45, 7) is 0.345. The number of hydrogen-bond acceptors (Lipinski definition) is 4. The van der Waals surface area contributed by atoms with Crippen LogP contribution in [0.5, 0.6) is 0 Å². The molecule has 0 saturated carbocycles. The van der Waals surface area contributed by atoms with E-state index in [9.17, 15) is 4.79 Å². The molecule has 27 heavy (non-hydrogen) atoms. The number of hydrogen-bond donors (Lipinski definition) is 3. The fraction of sp³-hybridized carbons (Fsp3) is 0.0500. The van der Waals surface area contributed by atoms with Crippen LogP contribution in [0.3, 0.4) is 0 Å². The monoisotopic (exact) mass is 357 g/mol. The Labute approximate surface area is 153 Å². The van der Waals surface area contributed by atoms with E-state index in [0.717, 1.165) is 27.6 Å². The number of H-pyrrole nitrogens is 2.